The predicted octanol–water partition coefficient (Wildman–Crippen LogP) is 2.24. The zero-order valence-electron chi connectivity index (χ0n) is 12.1. The van der Waals surface area contributed by atoms with Crippen LogP contribution in [0, 0.1) is 5.41 Å². The molecule has 0 saturated heterocycles. The molecule has 1 aliphatic carbocycles. The number of amidine groups is 1. The Kier molecular flexibility index (Phi) is 6.63. The Morgan fingerprint density at radius 1 is 1.25 bits per heavy atom. The second kappa shape index (κ2) is 7.98. The molecule has 8 heteroatoms. The van der Waals surface area contributed by atoms with Crippen LogP contribution in [0.3, 0.4) is 0 Å². The van der Waals surface area contributed by atoms with E-state index in [4.69, 9.17) is 5.41 Å². The molecule has 0 radical (unpaired) electrons. The summed E-state index contributed by atoms with van der Waals surface area (Å²) in [5, 5.41) is 7.93. The topological polar surface area (TPSA) is 85.7 Å². The SMILES string of the molecule is COC(=N)N(C(=O)NSC1CCCCC1)C(=O)N(C)C. The van der Waals surface area contributed by atoms with Crippen molar-refractivity contribution in [3.63, 3.8) is 0 Å². The van der Waals surface area contributed by atoms with Gasteiger partial charge in [-0.25, -0.2) is 9.59 Å². The van der Waals surface area contributed by atoms with Crippen LogP contribution in [0.1, 0.15) is 32.1 Å². The molecule has 20 heavy (non-hydrogen) atoms. The van der Waals surface area contributed by atoms with Gasteiger partial charge in [-0.05, 0) is 24.8 Å². The van der Waals surface area contributed by atoms with Crippen LogP contribution in [0.25, 0.3) is 0 Å². The number of nitrogens with zero attached hydrogens (tertiary/aromatic N) is 2. The van der Waals surface area contributed by atoms with Gasteiger partial charge in [0, 0.05) is 19.3 Å². The number of methoxy groups -OCH3 is 1. The molecule has 0 aliphatic heterocycles. The minimum Gasteiger partial charge on any atom is -0.468 e. The molecule has 0 atom stereocenters. The molecule has 0 unspecified atom stereocenters. The van der Waals surface area contributed by atoms with Gasteiger partial charge in [0.2, 0.25) is 0 Å². The second-order valence-electron chi connectivity index (χ2n) is 4.81. The number of urea groups is 2. The number of amides is 4. The molecule has 0 aromatic rings. The number of hydrogen-bond acceptors (Lipinski definition) is 5. The molecule has 2 N–H and O–H groups in total. The summed E-state index contributed by atoms with van der Waals surface area (Å²) in [6.45, 7) is 0. The normalized spacial score (nSPS) is 15.3. The van der Waals surface area contributed by atoms with Gasteiger partial charge < -0.3 is 9.64 Å². The fourth-order valence-corrected chi connectivity index (χ4v) is 2.85. The molecule has 7 nitrogen and oxygen atoms in total. The van der Waals surface area contributed by atoms with Crippen molar-refractivity contribution < 1.29 is 14.3 Å². The second-order valence-corrected chi connectivity index (χ2v) is 5.91. The number of imide groups is 1. The van der Waals surface area contributed by atoms with Gasteiger partial charge in [-0.1, -0.05) is 19.3 Å². The van der Waals surface area contributed by atoms with E-state index in [0.29, 0.717) is 10.1 Å². The number of rotatable bonds is 2. The molecule has 0 spiro atoms. The molecule has 1 fully saturated rings. The number of hydrogen-bond donors (Lipinski definition) is 2. The molecule has 0 bridgehead atoms. The van der Waals surface area contributed by atoms with Crippen LogP contribution in [0.15, 0.2) is 0 Å². The molecule has 114 valence electrons. The molecular formula is C12H22N4O3S. The highest BCUT2D eigenvalue weighted by Crippen LogP contribution is 2.26. The van der Waals surface area contributed by atoms with Crippen molar-refractivity contribution in [1.82, 2.24) is 14.5 Å². The zero-order valence-corrected chi connectivity index (χ0v) is 13.0. The highest BCUT2D eigenvalue weighted by molar-refractivity contribution is 7.98. The van der Waals surface area contributed by atoms with E-state index in [1.807, 2.05) is 0 Å². The van der Waals surface area contributed by atoms with Gasteiger partial charge in [-0.3, -0.25) is 10.1 Å². The highest BCUT2D eigenvalue weighted by atomic mass is 32.2. The van der Waals surface area contributed by atoms with Crippen LogP contribution in [0.2, 0.25) is 0 Å². The highest BCUT2D eigenvalue weighted by Gasteiger charge is 2.29. The van der Waals surface area contributed by atoms with Crippen LogP contribution in [0.4, 0.5) is 9.59 Å². The van der Waals surface area contributed by atoms with Crippen molar-refractivity contribution in [3.05, 3.63) is 0 Å². The van der Waals surface area contributed by atoms with Crippen molar-refractivity contribution in [2.45, 2.75) is 37.4 Å². The number of nitrogens with one attached hydrogen (secondary N) is 2. The molecule has 1 rings (SSSR count). The summed E-state index contributed by atoms with van der Waals surface area (Å²) < 4.78 is 7.33. The minimum atomic E-state index is -0.647. The summed E-state index contributed by atoms with van der Waals surface area (Å²) in [5.41, 5.74) is 0. The largest absolute Gasteiger partial charge is 0.468 e. The lowest BCUT2D eigenvalue weighted by atomic mass is 10.0. The van der Waals surface area contributed by atoms with Crippen molar-refractivity contribution in [3.8, 4) is 0 Å². The van der Waals surface area contributed by atoms with E-state index in [1.165, 1.54) is 57.3 Å². The molecule has 0 aromatic carbocycles. The summed E-state index contributed by atoms with van der Waals surface area (Å²) in [5.74, 6) is 0. The lowest BCUT2D eigenvalue weighted by Crippen LogP contribution is -2.50. The van der Waals surface area contributed by atoms with E-state index in [2.05, 4.69) is 9.46 Å². The Balaban J connectivity index is 2.58. The Morgan fingerprint density at radius 2 is 1.85 bits per heavy atom. The minimum absolute atomic E-state index is 0.376. The molecular weight excluding hydrogens is 280 g/mol. The third-order valence-corrected chi connectivity index (χ3v) is 4.14. The summed E-state index contributed by atoms with van der Waals surface area (Å²) >= 11 is 1.33. The fourth-order valence-electron chi connectivity index (χ4n) is 1.92. The fraction of sp³-hybridized carbons (Fsp3) is 0.750. The number of carbonyl (C=O) groups is 2. The van der Waals surface area contributed by atoms with Crippen LogP contribution in [0.5, 0.6) is 0 Å². The summed E-state index contributed by atoms with van der Waals surface area (Å²) in [6.07, 6.45) is 5.71. The summed E-state index contributed by atoms with van der Waals surface area (Å²) in [4.78, 5) is 25.9. The zero-order chi connectivity index (χ0) is 15.1. The van der Waals surface area contributed by atoms with E-state index in [1.54, 1.807) is 0 Å². The number of carbonyl (C=O) groups excluding carboxylic acids is 2. The average molecular weight is 302 g/mol. The monoisotopic (exact) mass is 302 g/mol. The first-order chi connectivity index (χ1) is 9.47. The number of ether oxygens (including phenoxy) is 1. The van der Waals surface area contributed by atoms with E-state index in [0.717, 1.165) is 12.8 Å². The Hall–Kier alpha value is -1.44. The lowest BCUT2D eigenvalue weighted by Gasteiger charge is -2.25. The van der Waals surface area contributed by atoms with Gasteiger partial charge in [0.05, 0.1) is 7.11 Å². The third-order valence-electron chi connectivity index (χ3n) is 3.04. The van der Waals surface area contributed by atoms with Crippen molar-refractivity contribution in [2.24, 2.45) is 0 Å². The lowest BCUT2D eigenvalue weighted by molar-refractivity contribution is 0.180. The van der Waals surface area contributed by atoms with E-state index >= 15 is 0 Å². The quantitative estimate of drug-likeness (QED) is 0.465. The van der Waals surface area contributed by atoms with E-state index in [-0.39, 0.29) is 0 Å². The van der Waals surface area contributed by atoms with E-state index in [9.17, 15) is 9.59 Å². The Bertz CT molecular complexity index is 370. The Labute approximate surface area is 123 Å². The molecule has 0 heterocycles. The van der Waals surface area contributed by atoms with E-state index < -0.39 is 18.1 Å². The van der Waals surface area contributed by atoms with Crippen LogP contribution in [-0.4, -0.2) is 54.3 Å². The van der Waals surface area contributed by atoms with Crippen LogP contribution in [-0.2, 0) is 4.74 Å². The maximum atomic E-state index is 12.1. The first-order valence-electron chi connectivity index (χ1n) is 6.57. The molecule has 1 saturated carbocycles. The van der Waals surface area contributed by atoms with Gasteiger partial charge in [0.1, 0.15) is 0 Å². The van der Waals surface area contributed by atoms with Gasteiger partial charge >= 0.3 is 18.1 Å². The van der Waals surface area contributed by atoms with Crippen molar-refractivity contribution in [2.75, 3.05) is 21.2 Å². The molecule has 0 aromatic heterocycles. The van der Waals surface area contributed by atoms with Gasteiger partial charge in [-0.2, -0.15) is 4.90 Å². The maximum absolute atomic E-state index is 12.1. The smallest absolute Gasteiger partial charge is 0.343 e. The maximum Gasteiger partial charge on any atom is 0.343 e. The van der Waals surface area contributed by atoms with Gasteiger partial charge in [-0.15, -0.1) is 0 Å². The van der Waals surface area contributed by atoms with Crippen LogP contribution >= 0.6 is 11.9 Å². The van der Waals surface area contributed by atoms with Gasteiger partial charge in [0.25, 0.3) is 0 Å². The first-order valence-corrected chi connectivity index (χ1v) is 7.45. The average Bonchev–Trinajstić information content (AvgIpc) is 2.45. The summed E-state index contributed by atoms with van der Waals surface area (Å²) in [6, 6.07) is -1.75. The Morgan fingerprint density at radius 3 is 2.35 bits per heavy atom. The third kappa shape index (κ3) is 4.59. The summed E-state index contributed by atoms with van der Waals surface area (Å²) in [7, 11) is 4.28. The molecule has 4 amide bonds. The van der Waals surface area contributed by atoms with Crippen molar-refractivity contribution in [1.29, 1.82) is 5.41 Å². The van der Waals surface area contributed by atoms with Crippen molar-refractivity contribution >= 4 is 30.0 Å². The van der Waals surface area contributed by atoms with Gasteiger partial charge in [0.15, 0.2) is 0 Å². The van der Waals surface area contributed by atoms with Crippen LogP contribution < -0.4 is 4.72 Å². The predicted molar refractivity (Wildman–Crippen MR) is 78.7 cm³/mol. The molecule has 1 aliphatic rings. The first kappa shape index (κ1) is 16.6. The standard InChI is InChI=1S/C12H22N4O3S/c1-15(2)12(18)16(10(13)19-3)11(17)14-20-9-7-5-4-6-8-9/h9,13H,4-8H2,1-3H3,(H,14,17).